The number of guanidine groups is 1. The topological polar surface area (TPSA) is 258 Å². The smallest absolute Gasteiger partial charge is 0.253 e. The number of rotatable bonds is 12. The van der Waals surface area contributed by atoms with Crippen molar-refractivity contribution >= 4 is 72.7 Å². The highest BCUT2D eigenvalue weighted by Crippen LogP contribution is 2.34. The van der Waals surface area contributed by atoms with Crippen LogP contribution in [0.25, 0.3) is 38.1 Å². The van der Waals surface area contributed by atoms with Gasteiger partial charge >= 0.3 is 0 Å². The van der Waals surface area contributed by atoms with Gasteiger partial charge in [0.05, 0.1) is 46.3 Å². The molecule has 0 spiro atoms. The molecule has 3 aliphatic heterocycles. The number of nitrogens with zero attached hydrogens (tertiary/aromatic N) is 17. The number of nitrogens with two attached hydrogens (primary N) is 1. The van der Waals surface area contributed by atoms with E-state index in [9.17, 15) is 36.3 Å². The van der Waals surface area contributed by atoms with Gasteiger partial charge in [-0.3, -0.25) is 14.4 Å². The molecule has 3 fully saturated rings. The number of likely N-dealkylation sites (tertiary alicyclic amines) is 1. The van der Waals surface area contributed by atoms with E-state index in [1.54, 1.807) is 86.0 Å². The lowest BCUT2D eigenvalue weighted by Crippen LogP contribution is -2.43. The maximum atomic E-state index is 15.0. The van der Waals surface area contributed by atoms with Crippen LogP contribution in [-0.2, 0) is 19.3 Å². The Labute approximate surface area is 557 Å². The molecule has 3 aromatic carbocycles. The van der Waals surface area contributed by atoms with Crippen molar-refractivity contribution in [1.82, 2.24) is 73.5 Å². The number of benzene rings is 3. The Hall–Kier alpha value is -10.2. The average Bonchev–Trinajstić information content (AvgIpc) is 1.63. The number of nitrogens with one attached hydrogen (secondary N) is 1. The fraction of sp³-hybridized carbons (Fsp3) is 0.364. The predicted molar refractivity (Wildman–Crippen MR) is 350 cm³/mol. The third-order valence-electron chi connectivity index (χ3n) is 17.1. The molecule has 6 aromatic heterocycles. The zero-order valence-electron chi connectivity index (χ0n) is 53.5. The van der Waals surface area contributed by atoms with Crippen molar-refractivity contribution < 1.29 is 45.9 Å². The molecule has 0 atom stereocenters. The summed E-state index contributed by atoms with van der Waals surface area (Å²) in [5.41, 5.74) is 10.1. The van der Waals surface area contributed by atoms with Gasteiger partial charge in [-0.15, -0.1) is 5.01 Å². The third kappa shape index (κ3) is 15.8. The summed E-state index contributed by atoms with van der Waals surface area (Å²) in [5, 5.41) is 25.0. The lowest BCUT2D eigenvalue weighted by Gasteiger charge is -2.32. The number of carbonyl (C=O) groups is 3. The van der Waals surface area contributed by atoms with Gasteiger partial charge in [0, 0.05) is 144 Å². The summed E-state index contributed by atoms with van der Waals surface area (Å²) < 4.78 is 94.3. The summed E-state index contributed by atoms with van der Waals surface area (Å²) >= 11 is 2.45. The Kier molecular flexibility index (Phi) is 22.9. The lowest BCUT2D eigenvalue weighted by molar-refractivity contribution is 0.0820. The summed E-state index contributed by atoms with van der Waals surface area (Å²) in [5.74, 6) is -3.72. The molecule has 4 N–H and O–H groups in total. The van der Waals surface area contributed by atoms with Crippen LogP contribution in [-0.4, -0.2) is 179 Å². The minimum absolute atomic E-state index is 0.0180. The van der Waals surface area contributed by atoms with Gasteiger partial charge in [-0.25, -0.2) is 56.2 Å². The number of amides is 3. The van der Waals surface area contributed by atoms with Crippen molar-refractivity contribution in [2.45, 2.75) is 75.9 Å². The van der Waals surface area contributed by atoms with E-state index in [1.165, 1.54) is 82.6 Å². The van der Waals surface area contributed by atoms with Crippen LogP contribution in [0.2, 0.25) is 0 Å². The van der Waals surface area contributed by atoms with Crippen molar-refractivity contribution in [3.63, 3.8) is 0 Å². The first-order chi connectivity index (χ1) is 46.0. The van der Waals surface area contributed by atoms with E-state index >= 15 is 4.39 Å². The van der Waals surface area contributed by atoms with E-state index < -0.39 is 34.9 Å². The Balaban J connectivity index is 0.000000166. The van der Waals surface area contributed by atoms with E-state index in [0.717, 1.165) is 38.8 Å². The molecule has 502 valence electrons. The Bertz CT molecular complexity index is 4430. The third-order valence-corrected chi connectivity index (χ3v) is 17.1. The highest BCUT2D eigenvalue weighted by atomic mass is 79.9. The first-order valence-corrected chi connectivity index (χ1v) is 31.4. The number of aromatic nitrogens is 9. The molecule has 3 aliphatic rings. The monoisotopic (exact) mass is 1390 g/mol. The van der Waals surface area contributed by atoms with Crippen LogP contribution < -0.4 is 11.1 Å². The van der Waals surface area contributed by atoms with Crippen LogP contribution in [0.3, 0.4) is 0 Å². The molecule has 0 bridgehead atoms. The number of halogens is 7. The molecule has 0 aliphatic carbocycles. The van der Waals surface area contributed by atoms with Crippen molar-refractivity contribution in [2.75, 3.05) is 81.6 Å². The number of nitriles is 1. The number of hydrogen-bond acceptors (Lipinski definition) is 14. The largest absolute Gasteiger partial charge is 0.408 e. The van der Waals surface area contributed by atoms with Gasteiger partial charge in [-0.1, -0.05) is 23.4 Å². The summed E-state index contributed by atoms with van der Waals surface area (Å²) in [6.45, 7) is 11.2. The van der Waals surface area contributed by atoms with Crippen LogP contribution in [0.5, 0.6) is 0 Å². The highest BCUT2D eigenvalue weighted by Gasteiger charge is 2.29. The summed E-state index contributed by atoms with van der Waals surface area (Å²) in [6, 6.07) is 13.1. The molecule has 0 radical (unpaired) electrons. The Morgan fingerprint density at radius 1 is 0.573 bits per heavy atom. The van der Waals surface area contributed by atoms with Crippen molar-refractivity contribution in [2.24, 2.45) is 10.9 Å². The van der Waals surface area contributed by atoms with Crippen LogP contribution in [0.1, 0.15) is 121 Å². The van der Waals surface area contributed by atoms with Gasteiger partial charge in [0.15, 0.2) is 17.5 Å². The van der Waals surface area contributed by atoms with Crippen molar-refractivity contribution in [3.05, 3.63) is 189 Å². The normalized spacial score (nSPS) is 14.6. The first-order valence-electron chi connectivity index (χ1n) is 30.6. The molecule has 0 unspecified atom stereocenters. The van der Waals surface area contributed by atoms with E-state index in [-0.39, 0.29) is 88.5 Å². The number of carbonyl (C=O) groups excluding carboxylic acids is 3. The minimum atomic E-state index is -0.551. The summed E-state index contributed by atoms with van der Waals surface area (Å²) in [6.07, 6.45) is 13.3. The minimum Gasteiger partial charge on any atom is -0.408 e. The van der Waals surface area contributed by atoms with Gasteiger partial charge in [0.25, 0.3) is 17.7 Å². The fourth-order valence-electron chi connectivity index (χ4n) is 12.1. The molecule has 3 saturated heterocycles. The average molecular weight is 1390 g/mol. The zero-order chi connectivity index (χ0) is 69.1. The van der Waals surface area contributed by atoms with Gasteiger partial charge in [-0.05, 0) is 105 Å². The van der Waals surface area contributed by atoms with Gasteiger partial charge in [0.1, 0.15) is 58.4 Å². The molecule has 0 saturated carbocycles. The van der Waals surface area contributed by atoms with Gasteiger partial charge in [0.2, 0.25) is 5.96 Å². The fourth-order valence-corrected chi connectivity index (χ4v) is 12.1. The second-order valence-electron chi connectivity index (χ2n) is 23.8. The molecule has 30 heteroatoms. The summed E-state index contributed by atoms with van der Waals surface area (Å²) in [4.78, 5) is 72.6. The zero-order valence-corrected chi connectivity index (χ0v) is 55.1. The number of hydrogen-bond donors (Lipinski definition) is 3. The van der Waals surface area contributed by atoms with Gasteiger partial charge in [-0.2, -0.15) is 16.8 Å². The van der Waals surface area contributed by atoms with Gasteiger partial charge < -0.3 is 49.6 Å². The molecule has 3 amide bonds. The number of oxime groups is 1. The highest BCUT2D eigenvalue weighted by molar-refractivity contribution is 9.12. The maximum absolute atomic E-state index is 15.0. The second kappa shape index (κ2) is 31.4. The van der Waals surface area contributed by atoms with E-state index in [4.69, 9.17) is 22.8 Å². The standard InChI is InChI=1S/C22H25F2N7O2.C22H22F2N6O.C21H23F2N5O.CBrN/c1-29(2)21(32)14-4-3-13(16(23)9-14)10-18-19-17(24)11-31(20(19)27-12-26-18)15-5-7-30(8-6-15)22(25)28-33;1-25-29-8-6-16(7-9-29)30-12-18(24)20-19(26-13-27-21(20)30)11-14-4-5-15(10-17(14)23)22(31)28(2)3;1-27(2)21(29)14-4-3-13(16(22)9-14)10-18-19-17(23)11-28(20(19)26-12-25-18)15-5-7-24-8-6-15;2-1-3/h3-4,9,11-12,15,33H,5-8,10H2,1-2H3,(H2,25,28);4-5,10,12-13,16H,6-9,11H2,2-3H3;3-4,9,11-12,15,24H,5-8,10H2,1-2H3;. The van der Waals surface area contributed by atoms with E-state index in [1.807, 2.05) is 9.13 Å². The molecule has 9 heterocycles. The van der Waals surface area contributed by atoms with Crippen molar-refractivity contribution in [1.29, 1.82) is 5.26 Å². The molecular weight excluding hydrogens is 1320 g/mol. The quantitative estimate of drug-likeness (QED) is 0.0257. The lowest BCUT2D eigenvalue weighted by atomic mass is 10.0. The maximum Gasteiger partial charge on any atom is 0.253 e. The van der Waals surface area contributed by atoms with E-state index in [0.29, 0.717) is 95.1 Å². The van der Waals surface area contributed by atoms with Crippen LogP contribution >= 0.6 is 15.9 Å². The number of piperidine rings is 3. The molecule has 96 heavy (non-hydrogen) atoms. The number of fused-ring (bicyclic) bond motifs is 3. The van der Waals surface area contributed by atoms with E-state index in [2.05, 4.69) is 61.3 Å². The molecular formula is C66H70BrF6N19O4. The second-order valence-corrected chi connectivity index (χ2v) is 24.1. The Morgan fingerprint density at radius 3 is 1.18 bits per heavy atom. The molecule has 12 rings (SSSR count). The molecule has 23 nitrogen and oxygen atoms in total. The van der Waals surface area contributed by atoms with Crippen molar-refractivity contribution in [3.8, 4) is 4.98 Å². The van der Waals surface area contributed by atoms with Crippen LogP contribution in [0.4, 0.5) is 26.3 Å². The molecule has 9 aromatic rings. The van der Waals surface area contributed by atoms with Crippen LogP contribution in [0.15, 0.2) is 97.3 Å². The SMILES string of the molecule is CN(C)C(=O)c1ccc(Cc2ncnc3c2c(F)cn3C2CCN(/C(N)=N/O)CC2)c(F)c1.CN(C)C(=O)c1ccc(Cc2ncnc3c2c(F)cn3C2CCNCC2)c(F)c1.N#CBr.[C-]#[N+]N1CCC(n2cc(F)c3c(Cc4ccc(C(=O)N(C)C)cc4F)ncnc32)CC1. The first kappa shape index (κ1) is 70.1. The van der Waals surface area contributed by atoms with Crippen LogP contribution in [0, 0.1) is 51.7 Å². The summed E-state index contributed by atoms with van der Waals surface area (Å²) in [7, 11) is 9.62. The Morgan fingerprint density at radius 2 is 0.885 bits per heavy atom. The predicted octanol–water partition coefficient (Wildman–Crippen LogP) is 9.61.